The summed E-state index contributed by atoms with van der Waals surface area (Å²) < 4.78 is 95.0. The molecule has 0 radical (unpaired) electrons. The molecule has 0 aliphatic carbocycles. The number of hydrogen-bond donors (Lipinski definition) is 3. The summed E-state index contributed by atoms with van der Waals surface area (Å²) in [4.78, 5) is 12.0. The van der Waals surface area contributed by atoms with Gasteiger partial charge in [0.05, 0.1) is 25.5 Å². The third-order valence-corrected chi connectivity index (χ3v) is 9.98. The molecular weight excluding hydrogens is 584 g/mol. The first kappa shape index (κ1) is 31.9. The van der Waals surface area contributed by atoms with Gasteiger partial charge in [0.25, 0.3) is 5.56 Å². The predicted octanol–water partition coefficient (Wildman–Crippen LogP) is 3.54. The van der Waals surface area contributed by atoms with Crippen molar-refractivity contribution in [3.05, 3.63) is 81.8 Å². The van der Waals surface area contributed by atoms with Gasteiger partial charge in [-0.25, -0.2) is 35.1 Å². The third-order valence-electron chi connectivity index (χ3n) is 6.04. The van der Waals surface area contributed by atoms with E-state index in [0.29, 0.717) is 5.56 Å². The Kier molecular flexibility index (Phi) is 9.96. The summed E-state index contributed by atoms with van der Waals surface area (Å²) in [7, 11) is -4.48. The number of rotatable bonds is 10. The first-order valence-electron chi connectivity index (χ1n) is 12.1. The zero-order chi connectivity index (χ0) is 30.0. The van der Waals surface area contributed by atoms with Crippen molar-refractivity contribution in [1.82, 2.24) is 14.0 Å². The molecule has 218 valence electrons. The molecule has 0 bridgehead atoms. The normalized spacial score (nSPS) is 14.6. The largest absolute Gasteiger partial charge is 0.318 e. The summed E-state index contributed by atoms with van der Waals surface area (Å²) >= 11 is -2.34. The van der Waals surface area contributed by atoms with Crippen LogP contribution < -0.4 is 15.0 Å². The molecule has 0 fully saturated rings. The van der Waals surface area contributed by atoms with Crippen LogP contribution in [0.4, 0.5) is 8.78 Å². The van der Waals surface area contributed by atoms with E-state index in [1.807, 2.05) is 0 Å². The van der Waals surface area contributed by atoms with Gasteiger partial charge in [0, 0.05) is 43.0 Å². The second-order valence-electron chi connectivity index (χ2n) is 10.1. The minimum absolute atomic E-state index is 0.0460. The molecule has 1 unspecified atom stereocenters. The van der Waals surface area contributed by atoms with E-state index in [0.717, 1.165) is 30.3 Å². The number of benzene rings is 2. The molecule has 3 aromatic rings. The average molecular weight is 616 g/mol. The smallest absolute Gasteiger partial charge is 0.250 e. The van der Waals surface area contributed by atoms with Crippen molar-refractivity contribution in [2.75, 3.05) is 6.54 Å². The minimum atomic E-state index is -4.40. The summed E-state index contributed by atoms with van der Waals surface area (Å²) in [5, 5.41) is 0. The van der Waals surface area contributed by atoms with Gasteiger partial charge in [0.2, 0.25) is 21.1 Å². The monoisotopic (exact) mass is 615 g/mol. The Hall–Kier alpha value is -2.62. The van der Waals surface area contributed by atoms with Crippen LogP contribution in [-0.2, 0) is 45.6 Å². The highest BCUT2D eigenvalue weighted by molar-refractivity contribution is 7.91. The summed E-state index contributed by atoms with van der Waals surface area (Å²) in [6, 6.07) is 6.84. The standard InChI is InChI=1S/C26H31F2N3O6S3/c1-16(30-38(33)26(2,3)4)20-13-25(32)31(5)15-22(20)21-12-17(10-11-29-39(34)35)23(28)14-24(21)40(36,37)19-8-6-18(27)7-9-19/h6-9,12-16,29-30H,10-11H2,1-5H3,(H,34,35)/t16-,38-/m0/s1. The van der Waals surface area contributed by atoms with Gasteiger partial charge in [-0.2, -0.15) is 0 Å². The molecule has 0 spiro atoms. The molecule has 3 N–H and O–H groups in total. The molecule has 0 saturated heterocycles. The molecule has 0 aliphatic heterocycles. The van der Waals surface area contributed by atoms with E-state index in [-0.39, 0.29) is 34.6 Å². The van der Waals surface area contributed by atoms with Gasteiger partial charge in [-0.15, -0.1) is 0 Å². The van der Waals surface area contributed by atoms with Gasteiger partial charge in [0.1, 0.15) is 11.6 Å². The van der Waals surface area contributed by atoms with Crippen LogP contribution in [0.5, 0.6) is 0 Å². The molecule has 0 aliphatic rings. The molecule has 0 amide bonds. The molecule has 1 aromatic heterocycles. The van der Waals surface area contributed by atoms with Crippen LogP contribution in [0, 0.1) is 11.6 Å². The topological polar surface area (TPSA) is 135 Å². The lowest BCUT2D eigenvalue weighted by atomic mass is 9.95. The second-order valence-corrected chi connectivity index (χ2v) is 14.8. The zero-order valence-corrected chi connectivity index (χ0v) is 25.0. The second kappa shape index (κ2) is 12.5. The number of pyridine rings is 1. The molecular formula is C26H31F2N3O6S3. The van der Waals surface area contributed by atoms with Crippen LogP contribution >= 0.6 is 0 Å². The Balaban J connectivity index is 2.31. The van der Waals surface area contributed by atoms with Crippen molar-refractivity contribution in [3.8, 4) is 11.1 Å². The van der Waals surface area contributed by atoms with Crippen molar-refractivity contribution < 1.29 is 30.2 Å². The quantitative estimate of drug-likeness (QED) is 0.236. The highest BCUT2D eigenvalue weighted by atomic mass is 32.2. The highest BCUT2D eigenvalue weighted by Gasteiger charge is 2.28. The van der Waals surface area contributed by atoms with Gasteiger partial charge in [-0.1, -0.05) is 0 Å². The lowest BCUT2D eigenvalue weighted by molar-refractivity contribution is 0.547. The van der Waals surface area contributed by atoms with E-state index < -0.39 is 65.0 Å². The van der Waals surface area contributed by atoms with E-state index in [1.165, 1.54) is 29.9 Å². The summed E-state index contributed by atoms with van der Waals surface area (Å²) in [5.41, 5.74) is 0.266. The van der Waals surface area contributed by atoms with Crippen LogP contribution in [0.2, 0.25) is 0 Å². The average Bonchev–Trinajstić information content (AvgIpc) is 2.85. The number of nitrogens with zero attached hydrogens (tertiary/aromatic N) is 1. The van der Waals surface area contributed by atoms with Crippen LogP contribution in [0.1, 0.15) is 44.9 Å². The minimum Gasteiger partial charge on any atom is -0.318 e. The van der Waals surface area contributed by atoms with E-state index in [2.05, 4.69) is 9.44 Å². The first-order chi connectivity index (χ1) is 18.5. The zero-order valence-electron chi connectivity index (χ0n) is 22.5. The Bertz CT molecular complexity index is 1620. The Labute approximate surface area is 236 Å². The lowest BCUT2D eigenvalue weighted by Gasteiger charge is -2.24. The fraction of sp³-hybridized carbons (Fsp3) is 0.346. The number of halogens is 2. The number of aromatic nitrogens is 1. The predicted molar refractivity (Wildman–Crippen MR) is 151 cm³/mol. The Morgan fingerprint density at radius 3 is 2.25 bits per heavy atom. The maximum atomic E-state index is 15.3. The van der Waals surface area contributed by atoms with Gasteiger partial charge < -0.3 is 4.57 Å². The molecule has 3 rings (SSSR count). The van der Waals surface area contributed by atoms with Crippen molar-refractivity contribution >= 4 is 32.1 Å². The molecule has 9 nitrogen and oxygen atoms in total. The van der Waals surface area contributed by atoms with Crippen LogP contribution in [0.15, 0.2) is 63.2 Å². The van der Waals surface area contributed by atoms with E-state index in [4.69, 9.17) is 4.55 Å². The van der Waals surface area contributed by atoms with E-state index in [1.54, 1.807) is 27.7 Å². The van der Waals surface area contributed by atoms with Crippen molar-refractivity contribution in [2.45, 2.75) is 54.7 Å². The number of nitrogens with one attached hydrogen (secondary N) is 2. The summed E-state index contributed by atoms with van der Waals surface area (Å²) in [5.74, 6) is -1.53. The van der Waals surface area contributed by atoms with Gasteiger partial charge in [0.15, 0.2) is 0 Å². The van der Waals surface area contributed by atoms with Gasteiger partial charge >= 0.3 is 0 Å². The van der Waals surface area contributed by atoms with Crippen molar-refractivity contribution in [1.29, 1.82) is 0 Å². The van der Waals surface area contributed by atoms with Gasteiger partial charge in [-0.05, 0) is 81.6 Å². The fourth-order valence-corrected chi connectivity index (χ4v) is 6.41. The molecule has 40 heavy (non-hydrogen) atoms. The highest BCUT2D eigenvalue weighted by Crippen LogP contribution is 2.37. The number of hydrogen-bond acceptors (Lipinski definition) is 5. The maximum absolute atomic E-state index is 15.3. The van der Waals surface area contributed by atoms with Crippen molar-refractivity contribution in [2.24, 2.45) is 7.05 Å². The number of aryl methyl sites for hydroxylation is 1. The van der Waals surface area contributed by atoms with Crippen LogP contribution in [0.3, 0.4) is 0 Å². The number of sulfone groups is 1. The molecule has 2 aromatic carbocycles. The summed E-state index contributed by atoms with van der Waals surface area (Å²) in [6.45, 7) is 6.87. The molecule has 1 heterocycles. The maximum Gasteiger partial charge on any atom is 0.250 e. The van der Waals surface area contributed by atoms with Gasteiger partial charge in [-0.3, -0.25) is 9.35 Å². The first-order valence-corrected chi connectivity index (χ1v) is 15.8. The molecule has 14 heteroatoms. The fourth-order valence-electron chi connectivity index (χ4n) is 3.87. The van der Waals surface area contributed by atoms with Crippen molar-refractivity contribution in [3.63, 3.8) is 0 Å². The third kappa shape index (κ3) is 7.36. The van der Waals surface area contributed by atoms with E-state index in [9.17, 15) is 26.0 Å². The molecule has 0 saturated carbocycles. The lowest BCUT2D eigenvalue weighted by Crippen LogP contribution is -2.35. The van der Waals surface area contributed by atoms with Crippen LogP contribution in [-0.4, -0.2) is 37.2 Å². The van der Waals surface area contributed by atoms with E-state index >= 15 is 4.39 Å². The SMILES string of the molecule is C[C@H](N[S@@](=O)C(C)(C)C)c1cc(=O)n(C)cc1-c1cc(CCNS(=O)O)c(F)cc1S(=O)(=O)c1ccc(F)cc1. The Morgan fingerprint density at radius 1 is 1.05 bits per heavy atom. The summed E-state index contributed by atoms with van der Waals surface area (Å²) in [6.07, 6.45) is 1.35. The Morgan fingerprint density at radius 2 is 1.68 bits per heavy atom. The van der Waals surface area contributed by atoms with Crippen LogP contribution in [0.25, 0.3) is 11.1 Å². The molecule has 3 atom stereocenters.